The van der Waals surface area contributed by atoms with E-state index in [4.69, 9.17) is 4.74 Å². The number of carbonyl (C=O) groups excluding carboxylic acids is 1. The van der Waals surface area contributed by atoms with E-state index in [1.807, 2.05) is 45.2 Å². The molecule has 0 bridgehead atoms. The maximum absolute atomic E-state index is 13.4. The maximum atomic E-state index is 13.4. The molecule has 1 atom stereocenters. The van der Waals surface area contributed by atoms with Crippen molar-refractivity contribution < 1.29 is 9.53 Å². The first-order valence-electron chi connectivity index (χ1n) is 9.64. The Morgan fingerprint density at radius 2 is 2.08 bits per heavy atom. The molecule has 1 saturated carbocycles. The monoisotopic (exact) mass is 353 g/mol. The first kappa shape index (κ1) is 17.1. The van der Waals surface area contributed by atoms with E-state index in [0.29, 0.717) is 6.04 Å². The minimum Gasteiger partial charge on any atom is -0.491 e. The van der Waals surface area contributed by atoms with E-state index in [0.717, 1.165) is 49.0 Å². The van der Waals surface area contributed by atoms with E-state index >= 15 is 0 Å². The second-order valence-electron chi connectivity index (χ2n) is 7.86. The third kappa shape index (κ3) is 3.35. The van der Waals surface area contributed by atoms with Gasteiger partial charge in [0.05, 0.1) is 12.3 Å². The van der Waals surface area contributed by atoms with Gasteiger partial charge in [0.1, 0.15) is 5.75 Å². The molecule has 2 aromatic rings. The van der Waals surface area contributed by atoms with Gasteiger partial charge in [-0.15, -0.1) is 0 Å². The zero-order chi connectivity index (χ0) is 18.3. The highest BCUT2D eigenvalue weighted by atomic mass is 16.5. The van der Waals surface area contributed by atoms with Crippen LogP contribution in [-0.4, -0.2) is 39.2 Å². The summed E-state index contributed by atoms with van der Waals surface area (Å²) >= 11 is 0. The Kier molecular flexibility index (Phi) is 4.47. The summed E-state index contributed by atoms with van der Waals surface area (Å²) in [6, 6.07) is 6.49. The van der Waals surface area contributed by atoms with Crippen LogP contribution in [0.1, 0.15) is 60.3 Å². The lowest BCUT2D eigenvalue weighted by Crippen LogP contribution is -2.45. The van der Waals surface area contributed by atoms with E-state index in [1.165, 1.54) is 11.3 Å². The van der Waals surface area contributed by atoms with E-state index < -0.39 is 0 Å². The second kappa shape index (κ2) is 6.78. The summed E-state index contributed by atoms with van der Waals surface area (Å²) in [7, 11) is 0. The van der Waals surface area contributed by atoms with Crippen LogP contribution in [0, 0.1) is 6.92 Å². The standard InChI is InChI=1S/C21H27N3O2/c1-13(2)26-18-7-8-19(14(3)10-18)21(25)24(16-4-5-16)17-6-9-20-15(11-17)12-22-23-20/h7-8,10,12-13,16-17H,4-6,9,11H2,1-3H3,(H,22,23). The molecule has 2 aliphatic rings. The number of nitrogens with one attached hydrogen (secondary N) is 1. The van der Waals surface area contributed by atoms with Gasteiger partial charge in [-0.1, -0.05) is 0 Å². The molecule has 26 heavy (non-hydrogen) atoms. The predicted octanol–water partition coefficient (Wildman–Crippen LogP) is 3.67. The molecule has 138 valence electrons. The van der Waals surface area contributed by atoms with Crippen molar-refractivity contribution in [3.05, 3.63) is 46.8 Å². The highest BCUT2D eigenvalue weighted by Crippen LogP contribution is 2.35. The van der Waals surface area contributed by atoms with Crippen molar-refractivity contribution in [2.45, 2.75) is 71.1 Å². The van der Waals surface area contributed by atoms with Gasteiger partial charge in [0.2, 0.25) is 0 Å². The predicted molar refractivity (Wildman–Crippen MR) is 101 cm³/mol. The van der Waals surface area contributed by atoms with Crippen molar-refractivity contribution in [2.24, 2.45) is 0 Å². The summed E-state index contributed by atoms with van der Waals surface area (Å²) in [6.07, 6.45) is 7.16. The molecule has 1 fully saturated rings. The molecule has 0 saturated heterocycles. The molecule has 0 spiro atoms. The van der Waals surface area contributed by atoms with Gasteiger partial charge in [0.25, 0.3) is 5.91 Å². The van der Waals surface area contributed by atoms with Gasteiger partial charge in [0, 0.05) is 23.3 Å². The fraction of sp³-hybridized carbons (Fsp3) is 0.524. The molecular formula is C21H27N3O2. The van der Waals surface area contributed by atoms with Crippen LogP contribution in [0.5, 0.6) is 5.75 Å². The molecule has 1 aromatic heterocycles. The smallest absolute Gasteiger partial charge is 0.254 e. The highest BCUT2D eigenvalue weighted by molar-refractivity contribution is 5.96. The number of H-pyrrole nitrogens is 1. The van der Waals surface area contributed by atoms with Crippen LogP contribution in [0.4, 0.5) is 0 Å². The molecule has 1 unspecified atom stereocenters. The number of carbonyl (C=O) groups is 1. The first-order valence-corrected chi connectivity index (χ1v) is 9.64. The number of benzene rings is 1. The Morgan fingerprint density at radius 1 is 1.27 bits per heavy atom. The number of amides is 1. The van der Waals surface area contributed by atoms with Gasteiger partial charge < -0.3 is 9.64 Å². The van der Waals surface area contributed by atoms with Crippen molar-refractivity contribution in [1.82, 2.24) is 15.1 Å². The van der Waals surface area contributed by atoms with E-state index in [-0.39, 0.29) is 18.1 Å². The Hall–Kier alpha value is -2.30. The van der Waals surface area contributed by atoms with Gasteiger partial charge in [0.15, 0.2) is 0 Å². The SMILES string of the molecule is Cc1cc(OC(C)C)ccc1C(=O)N(C1CC1)C1CCc2[nH]ncc2C1. The summed E-state index contributed by atoms with van der Waals surface area (Å²) in [5.41, 5.74) is 4.28. The number of nitrogens with zero attached hydrogens (tertiary/aromatic N) is 2. The maximum Gasteiger partial charge on any atom is 0.254 e. The number of aromatic amines is 1. The molecule has 5 heteroatoms. The highest BCUT2D eigenvalue weighted by Gasteiger charge is 2.39. The summed E-state index contributed by atoms with van der Waals surface area (Å²) in [6.45, 7) is 6.02. The van der Waals surface area contributed by atoms with Gasteiger partial charge in [-0.2, -0.15) is 5.10 Å². The summed E-state index contributed by atoms with van der Waals surface area (Å²) in [4.78, 5) is 15.5. The van der Waals surface area contributed by atoms with Crippen LogP contribution in [0.2, 0.25) is 0 Å². The van der Waals surface area contributed by atoms with Gasteiger partial charge >= 0.3 is 0 Å². The van der Waals surface area contributed by atoms with Crippen molar-refractivity contribution in [1.29, 1.82) is 0 Å². The number of fused-ring (bicyclic) bond motifs is 1. The van der Waals surface area contributed by atoms with Crippen LogP contribution < -0.4 is 4.74 Å². The number of aryl methyl sites for hydroxylation is 2. The number of aromatic nitrogens is 2. The van der Waals surface area contributed by atoms with Crippen molar-refractivity contribution in [3.63, 3.8) is 0 Å². The molecule has 1 heterocycles. The zero-order valence-corrected chi connectivity index (χ0v) is 15.8. The molecule has 1 aromatic carbocycles. The van der Waals surface area contributed by atoms with Crippen molar-refractivity contribution in [2.75, 3.05) is 0 Å². The number of ether oxygens (including phenoxy) is 1. The third-order valence-corrected chi connectivity index (χ3v) is 5.36. The lowest BCUT2D eigenvalue weighted by atomic mass is 9.91. The van der Waals surface area contributed by atoms with Gasteiger partial charge in [-0.25, -0.2) is 0 Å². The average Bonchev–Trinajstić information content (AvgIpc) is 3.30. The van der Waals surface area contributed by atoms with Crippen LogP contribution in [0.15, 0.2) is 24.4 Å². The Balaban J connectivity index is 1.57. The van der Waals surface area contributed by atoms with Crippen molar-refractivity contribution >= 4 is 5.91 Å². The largest absolute Gasteiger partial charge is 0.491 e. The molecule has 1 amide bonds. The van der Waals surface area contributed by atoms with Crippen LogP contribution in [0.3, 0.4) is 0 Å². The quantitative estimate of drug-likeness (QED) is 0.892. The van der Waals surface area contributed by atoms with Crippen LogP contribution in [-0.2, 0) is 12.8 Å². The lowest BCUT2D eigenvalue weighted by molar-refractivity contribution is 0.0642. The zero-order valence-electron chi connectivity index (χ0n) is 15.8. The summed E-state index contributed by atoms with van der Waals surface area (Å²) in [5, 5.41) is 7.25. The molecule has 4 rings (SSSR count). The van der Waals surface area contributed by atoms with Gasteiger partial charge in [-0.3, -0.25) is 9.89 Å². The second-order valence-corrected chi connectivity index (χ2v) is 7.86. The fourth-order valence-corrected chi connectivity index (χ4v) is 3.98. The van der Waals surface area contributed by atoms with E-state index in [2.05, 4.69) is 15.1 Å². The van der Waals surface area contributed by atoms with Crippen LogP contribution in [0.25, 0.3) is 0 Å². The third-order valence-electron chi connectivity index (χ3n) is 5.36. The molecule has 5 nitrogen and oxygen atoms in total. The topological polar surface area (TPSA) is 58.2 Å². The van der Waals surface area contributed by atoms with Crippen LogP contribution >= 0.6 is 0 Å². The molecule has 1 N–H and O–H groups in total. The Labute approximate surface area is 154 Å². The van der Waals surface area contributed by atoms with Gasteiger partial charge in [-0.05, 0) is 82.2 Å². The number of rotatable bonds is 5. The average molecular weight is 353 g/mol. The van der Waals surface area contributed by atoms with E-state index in [1.54, 1.807) is 0 Å². The molecule has 0 aliphatic heterocycles. The molecular weight excluding hydrogens is 326 g/mol. The Morgan fingerprint density at radius 3 is 2.77 bits per heavy atom. The lowest BCUT2D eigenvalue weighted by Gasteiger charge is -2.35. The minimum atomic E-state index is 0.130. The molecule has 2 aliphatic carbocycles. The minimum absolute atomic E-state index is 0.130. The summed E-state index contributed by atoms with van der Waals surface area (Å²) < 4.78 is 5.76. The normalized spacial score (nSPS) is 19.3. The van der Waals surface area contributed by atoms with E-state index in [9.17, 15) is 4.79 Å². The fourth-order valence-electron chi connectivity index (χ4n) is 3.98. The first-order chi connectivity index (χ1) is 12.5. The van der Waals surface area contributed by atoms with Crippen molar-refractivity contribution in [3.8, 4) is 5.75 Å². The molecule has 0 radical (unpaired) electrons. The number of hydrogen-bond acceptors (Lipinski definition) is 3. The Bertz CT molecular complexity index is 807. The summed E-state index contributed by atoms with van der Waals surface area (Å²) in [5.74, 6) is 0.991. The number of hydrogen-bond donors (Lipinski definition) is 1.